The molecule has 1 aliphatic carbocycles. The van der Waals surface area contributed by atoms with Gasteiger partial charge in [-0.05, 0) is 37.0 Å². The molecule has 0 radical (unpaired) electrons. The van der Waals surface area contributed by atoms with Crippen molar-refractivity contribution in [2.24, 2.45) is 17.1 Å². The van der Waals surface area contributed by atoms with Crippen LogP contribution in [-0.2, 0) is 9.53 Å². The van der Waals surface area contributed by atoms with Gasteiger partial charge in [0.05, 0.1) is 7.11 Å². The SMILES string of the molecule is COC(=O)CCC(N)C1CCCC(C)(C)C1. The van der Waals surface area contributed by atoms with Crippen LogP contribution in [0.3, 0.4) is 0 Å². The lowest BCUT2D eigenvalue weighted by molar-refractivity contribution is -0.140. The highest BCUT2D eigenvalue weighted by Crippen LogP contribution is 2.40. The number of methoxy groups -OCH3 is 1. The van der Waals surface area contributed by atoms with Gasteiger partial charge in [-0.15, -0.1) is 0 Å². The number of hydrogen-bond acceptors (Lipinski definition) is 3. The summed E-state index contributed by atoms with van der Waals surface area (Å²) in [5, 5.41) is 0. The Morgan fingerprint density at radius 3 is 2.81 bits per heavy atom. The van der Waals surface area contributed by atoms with Crippen LogP contribution in [0, 0.1) is 11.3 Å². The summed E-state index contributed by atoms with van der Waals surface area (Å²) >= 11 is 0. The van der Waals surface area contributed by atoms with Crippen molar-refractivity contribution in [2.75, 3.05) is 7.11 Å². The van der Waals surface area contributed by atoms with Gasteiger partial charge in [0.2, 0.25) is 0 Å². The van der Waals surface area contributed by atoms with E-state index in [1.807, 2.05) is 0 Å². The van der Waals surface area contributed by atoms with Crippen molar-refractivity contribution in [2.45, 2.75) is 58.4 Å². The molecule has 2 N–H and O–H groups in total. The second-order valence-corrected chi connectivity index (χ2v) is 5.80. The molecular formula is C13H25NO2. The van der Waals surface area contributed by atoms with Crippen molar-refractivity contribution in [1.82, 2.24) is 0 Å². The zero-order valence-electron chi connectivity index (χ0n) is 10.8. The predicted octanol–water partition coefficient (Wildman–Crippen LogP) is 2.48. The third kappa shape index (κ3) is 4.12. The Hall–Kier alpha value is -0.570. The molecule has 3 heteroatoms. The molecule has 1 aliphatic rings. The smallest absolute Gasteiger partial charge is 0.305 e. The molecule has 16 heavy (non-hydrogen) atoms. The standard InChI is InChI=1S/C13H25NO2/c1-13(2)8-4-5-10(9-13)11(14)6-7-12(15)16-3/h10-11H,4-9,14H2,1-3H3. The summed E-state index contributed by atoms with van der Waals surface area (Å²) in [4.78, 5) is 11.0. The molecule has 2 atom stereocenters. The number of carbonyl (C=O) groups is 1. The summed E-state index contributed by atoms with van der Waals surface area (Å²) in [6, 6.07) is 0.152. The largest absolute Gasteiger partial charge is 0.469 e. The van der Waals surface area contributed by atoms with Gasteiger partial charge >= 0.3 is 5.97 Å². The molecule has 0 aromatic rings. The Kier molecular flexibility index (Phi) is 4.78. The summed E-state index contributed by atoms with van der Waals surface area (Å²) in [6.07, 6.45) is 6.18. The van der Waals surface area contributed by atoms with Crippen LogP contribution in [0.15, 0.2) is 0 Å². The number of hydrogen-bond donors (Lipinski definition) is 1. The van der Waals surface area contributed by atoms with Gasteiger partial charge in [0, 0.05) is 12.5 Å². The average molecular weight is 227 g/mol. The molecule has 0 amide bonds. The maximum absolute atomic E-state index is 11.0. The minimum Gasteiger partial charge on any atom is -0.469 e. The van der Waals surface area contributed by atoms with Gasteiger partial charge in [0.1, 0.15) is 0 Å². The predicted molar refractivity (Wildman–Crippen MR) is 65.0 cm³/mol. The molecule has 0 aromatic heterocycles. The lowest BCUT2D eigenvalue weighted by Crippen LogP contribution is -2.36. The van der Waals surface area contributed by atoms with E-state index < -0.39 is 0 Å². The van der Waals surface area contributed by atoms with E-state index in [0.717, 1.165) is 6.42 Å². The van der Waals surface area contributed by atoms with Crippen molar-refractivity contribution < 1.29 is 9.53 Å². The Morgan fingerprint density at radius 1 is 1.56 bits per heavy atom. The molecule has 0 aliphatic heterocycles. The molecule has 94 valence electrons. The fourth-order valence-electron chi connectivity index (χ4n) is 2.74. The van der Waals surface area contributed by atoms with E-state index in [4.69, 9.17) is 5.73 Å². The van der Waals surface area contributed by atoms with Crippen molar-refractivity contribution in [1.29, 1.82) is 0 Å². The Bertz CT molecular complexity index is 238. The van der Waals surface area contributed by atoms with Crippen LogP contribution in [-0.4, -0.2) is 19.1 Å². The first-order valence-electron chi connectivity index (χ1n) is 6.27. The van der Waals surface area contributed by atoms with Crippen molar-refractivity contribution in [3.8, 4) is 0 Å². The quantitative estimate of drug-likeness (QED) is 0.751. The molecule has 0 heterocycles. The van der Waals surface area contributed by atoms with Gasteiger partial charge < -0.3 is 10.5 Å². The zero-order valence-corrected chi connectivity index (χ0v) is 10.8. The minimum absolute atomic E-state index is 0.148. The van der Waals surface area contributed by atoms with Crippen LogP contribution in [0.5, 0.6) is 0 Å². The van der Waals surface area contributed by atoms with Crippen LogP contribution >= 0.6 is 0 Å². The number of ether oxygens (including phenoxy) is 1. The van der Waals surface area contributed by atoms with Crippen molar-refractivity contribution >= 4 is 5.97 Å². The monoisotopic (exact) mass is 227 g/mol. The minimum atomic E-state index is -0.148. The third-order valence-corrected chi connectivity index (χ3v) is 3.76. The highest BCUT2D eigenvalue weighted by molar-refractivity contribution is 5.69. The van der Waals surface area contributed by atoms with Gasteiger partial charge in [-0.25, -0.2) is 0 Å². The molecule has 1 rings (SSSR count). The average Bonchev–Trinajstić information content (AvgIpc) is 2.23. The first-order chi connectivity index (χ1) is 7.44. The maximum atomic E-state index is 11.0. The summed E-state index contributed by atoms with van der Waals surface area (Å²) in [6.45, 7) is 4.62. The summed E-state index contributed by atoms with van der Waals surface area (Å²) < 4.78 is 4.63. The Morgan fingerprint density at radius 2 is 2.25 bits per heavy atom. The number of carbonyl (C=O) groups excluding carboxylic acids is 1. The topological polar surface area (TPSA) is 52.3 Å². The van der Waals surface area contributed by atoms with E-state index in [1.165, 1.54) is 32.8 Å². The summed E-state index contributed by atoms with van der Waals surface area (Å²) in [5.41, 5.74) is 6.59. The molecule has 2 unspecified atom stereocenters. The van der Waals surface area contributed by atoms with E-state index in [9.17, 15) is 4.79 Å². The van der Waals surface area contributed by atoms with Gasteiger partial charge in [0.25, 0.3) is 0 Å². The third-order valence-electron chi connectivity index (χ3n) is 3.76. The van der Waals surface area contributed by atoms with E-state index >= 15 is 0 Å². The van der Waals surface area contributed by atoms with Gasteiger partial charge in [-0.1, -0.05) is 20.3 Å². The van der Waals surface area contributed by atoms with Gasteiger partial charge in [-0.3, -0.25) is 4.79 Å². The fourth-order valence-corrected chi connectivity index (χ4v) is 2.74. The molecule has 1 fully saturated rings. The van der Waals surface area contributed by atoms with E-state index in [1.54, 1.807) is 0 Å². The van der Waals surface area contributed by atoms with Gasteiger partial charge in [-0.2, -0.15) is 0 Å². The van der Waals surface area contributed by atoms with E-state index in [0.29, 0.717) is 17.8 Å². The van der Waals surface area contributed by atoms with Crippen LogP contribution in [0.1, 0.15) is 52.4 Å². The van der Waals surface area contributed by atoms with E-state index in [2.05, 4.69) is 18.6 Å². The van der Waals surface area contributed by atoms with E-state index in [-0.39, 0.29) is 12.0 Å². The van der Waals surface area contributed by atoms with Crippen LogP contribution in [0.2, 0.25) is 0 Å². The zero-order chi connectivity index (χ0) is 12.2. The lowest BCUT2D eigenvalue weighted by Gasteiger charge is -2.38. The van der Waals surface area contributed by atoms with Crippen LogP contribution in [0.4, 0.5) is 0 Å². The molecule has 0 aromatic carbocycles. The molecule has 0 saturated heterocycles. The number of nitrogens with two attached hydrogens (primary N) is 1. The second-order valence-electron chi connectivity index (χ2n) is 5.80. The molecule has 3 nitrogen and oxygen atoms in total. The lowest BCUT2D eigenvalue weighted by atomic mass is 9.69. The molecule has 0 spiro atoms. The normalized spacial score (nSPS) is 26.1. The van der Waals surface area contributed by atoms with Crippen molar-refractivity contribution in [3.63, 3.8) is 0 Å². The fraction of sp³-hybridized carbons (Fsp3) is 0.923. The number of esters is 1. The van der Waals surface area contributed by atoms with Crippen LogP contribution in [0.25, 0.3) is 0 Å². The van der Waals surface area contributed by atoms with Crippen molar-refractivity contribution in [3.05, 3.63) is 0 Å². The molecule has 0 bridgehead atoms. The molecule has 1 saturated carbocycles. The second kappa shape index (κ2) is 5.67. The highest BCUT2D eigenvalue weighted by Gasteiger charge is 2.31. The first kappa shape index (κ1) is 13.5. The Labute approximate surface area is 98.7 Å². The molecular weight excluding hydrogens is 202 g/mol. The van der Waals surface area contributed by atoms with Gasteiger partial charge in [0.15, 0.2) is 0 Å². The Balaban J connectivity index is 2.35. The first-order valence-corrected chi connectivity index (χ1v) is 6.27. The van der Waals surface area contributed by atoms with Crippen LogP contribution < -0.4 is 5.73 Å². The number of rotatable bonds is 4. The summed E-state index contributed by atoms with van der Waals surface area (Å²) in [5.74, 6) is 0.430. The highest BCUT2D eigenvalue weighted by atomic mass is 16.5. The summed E-state index contributed by atoms with van der Waals surface area (Å²) in [7, 11) is 1.43. The maximum Gasteiger partial charge on any atom is 0.305 e.